The molecule has 0 aliphatic rings. The highest BCUT2D eigenvalue weighted by Gasteiger charge is 2.14. The smallest absolute Gasteiger partial charge is 0.282 e. The minimum Gasteiger partial charge on any atom is -0.339 e. The number of thiophene rings is 1. The Morgan fingerprint density at radius 2 is 2.19 bits per heavy atom. The average molecular weight is 456 g/mol. The lowest BCUT2D eigenvalue weighted by Crippen LogP contribution is -2.34. The molecule has 0 aromatic carbocycles. The van der Waals surface area contributed by atoms with Gasteiger partial charge in [-0.1, -0.05) is 11.6 Å². The molecule has 0 aliphatic heterocycles. The van der Waals surface area contributed by atoms with E-state index in [0.29, 0.717) is 19.8 Å². The monoisotopic (exact) mass is 453 g/mol. The summed E-state index contributed by atoms with van der Waals surface area (Å²) in [5.41, 5.74) is -0.356. The van der Waals surface area contributed by atoms with Crippen LogP contribution in [0.5, 0.6) is 0 Å². The second-order valence-electron chi connectivity index (χ2n) is 4.22. The number of rotatable bonds is 4. The van der Waals surface area contributed by atoms with Crippen LogP contribution in [0.2, 0.25) is 4.34 Å². The number of nitrogens with zero attached hydrogens (tertiary/aromatic N) is 3. The quantitative estimate of drug-likeness (QED) is 0.712. The Bertz CT molecular complexity index is 732. The maximum absolute atomic E-state index is 12.1. The van der Waals surface area contributed by atoms with E-state index in [-0.39, 0.29) is 18.0 Å². The summed E-state index contributed by atoms with van der Waals surface area (Å²) in [6.45, 7) is 0.336. The molecule has 0 bridgehead atoms. The second kappa shape index (κ2) is 7.04. The minimum absolute atomic E-state index is 0.111. The van der Waals surface area contributed by atoms with Crippen LogP contribution >= 0.6 is 54.8 Å². The van der Waals surface area contributed by atoms with Crippen LogP contribution in [0.3, 0.4) is 0 Å². The van der Waals surface area contributed by atoms with E-state index in [0.717, 1.165) is 9.56 Å². The van der Waals surface area contributed by atoms with Crippen LogP contribution in [0.25, 0.3) is 0 Å². The van der Waals surface area contributed by atoms with Gasteiger partial charge in [0.2, 0.25) is 5.91 Å². The van der Waals surface area contributed by atoms with Gasteiger partial charge in [-0.2, -0.15) is 5.10 Å². The molecule has 9 heteroatoms. The zero-order chi connectivity index (χ0) is 15.6. The van der Waals surface area contributed by atoms with Crippen LogP contribution in [-0.4, -0.2) is 27.6 Å². The summed E-state index contributed by atoms with van der Waals surface area (Å²) in [5, 5.41) is 3.93. The van der Waals surface area contributed by atoms with Crippen molar-refractivity contribution in [2.24, 2.45) is 0 Å². The maximum atomic E-state index is 12.1. The van der Waals surface area contributed by atoms with E-state index in [9.17, 15) is 9.59 Å². The molecule has 0 aliphatic carbocycles. The zero-order valence-corrected chi connectivity index (χ0v) is 15.6. The van der Waals surface area contributed by atoms with Gasteiger partial charge in [0, 0.05) is 11.9 Å². The molecule has 2 aromatic heterocycles. The van der Waals surface area contributed by atoms with Crippen LogP contribution in [0.1, 0.15) is 4.88 Å². The molecular formula is C12H10Br2ClN3O2S. The van der Waals surface area contributed by atoms with E-state index < -0.39 is 0 Å². The first-order chi connectivity index (χ1) is 9.88. The molecule has 1 amide bonds. The van der Waals surface area contributed by atoms with Crippen molar-refractivity contribution in [1.29, 1.82) is 0 Å². The summed E-state index contributed by atoms with van der Waals surface area (Å²) in [7, 11) is 1.68. The molecule has 0 radical (unpaired) electrons. The van der Waals surface area contributed by atoms with Gasteiger partial charge in [0.05, 0.1) is 21.6 Å². The fraction of sp³-hybridized carbons (Fsp3) is 0.250. The molecule has 2 rings (SSSR count). The predicted molar refractivity (Wildman–Crippen MR) is 89.7 cm³/mol. The lowest BCUT2D eigenvalue weighted by atomic mass is 10.4. The Kier molecular flexibility index (Phi) is 5.59. The van der Waals surface area contributed by atoms with Crippen molar-refractivity contribution in [3.8, 4) is 0 Å². The number of carbonyl (C=O) groups is 1. The van der Waals surface area contributed by atoms with E-state index in [1.165, 1.54) is 22.4 Å². The lowest BCUT2D eigenvalue weighted by molar-refractivity contribution is -0.131. The van der Waals surface area contributed by atoms with E-state index in [1.807, 2.05) is 6.07 Å². The Hall–Kier alpha value is -0.700. The lowest BCUT2D eigenvalue weighted by Gasteiger charge is -2.16. The molecule has 2 aromatic rings. The van der Waals surface area contributed by atoms with Crippen molar-refractivity contribution in [3.05, 3.63) is 46.8 Å². The predicted octanol–water partition coefficient (Wildman–Crippen LogP) is 3.14. The Labute approximate surface area is 146 Å². The fourth-order valence-electron chi connectivity index (χ4n) is 1.57. The Morgan fingerprint density at radius 3 is 2.81 bits per heavy atom. The van der Waals surface area contributed by atoms with Crippen LogP contribution < -0.4 is 5.56 Å². The van der Waals surface area contributed by atoms with E-state index in [1.54, 1.807) is 13.1 Å². The Balaban J connectivity index is 2.07. The van der Waals surface area contributed by atoms with Gasteiger partial charge >= 0.3 is 0 Å². The van der Waals surface area contributed by atoms with Gasteiger partial charge < -0.3 is 4.90 Å². The summed E-state index contributed by atoms with van der Waals surface area (Å²) in [4.78, 5) is 26.6. The standard InChI is InChI=1S/C12H10Br2ClN3O2S/c1-17(5-7-2-3-9(15)21-7)10(19)6-18-12(20)11(14)8(13)4-16-18/h2-4H,5-6H2,1H3. The molecule has 21 heavy (non-hydrogen) atoms. The summed E-state index contributed by atoms with van der Waals surface area (Å²) in [6, 6.07) is 3.66. The van der Waals surface area contributed by atoms with Crippen molar-refractivity contribution >= 4 is 60.7 Å². The van der Waals surface area contributed by atoms with Gasteiger partial charge in [-0.05, 0) is 44.0 Å². The van der Waals surface area contributed by atoms with Crippen LogP contribution in [0.15, 0.2) is 32.1 Å². The maximum Gasteiger partial charge on any atom is 0.282 e. The van der Waals surface area contributed by atoms with Crippen LogP contribution in [-0.2, 0) is 17.9 Å². The van der Waals surface area contributed by atoms with Gasteiger partial charge in [0.1, 0.15) is 11.0 Å². The number of carbonyl (C=O) groups excluding carboxylic acids is 1. The molecule has 112 valence electrons. The van der Waals surface area contributed by atoms with Crippen molar-refractivity contribution in [2.45, 2.75) is 13.1 Å². The number of halogens is 3. The highest BCUT2D eigenvalue weighted by Crippen LogP contribution is 2.22. The van der Waals surface area contributed by atoms with Gasteiger partial charge in [0.25, 0.3) is 5.56 Å². The highest BCUT2D eigenvalue weighted by atomic mass is 79.9. The normalized spacial score (nSPS) is 10.7. The van der Waals surface area contributed by atoms with Crippen molar-refractivity contribution in [3.63, 3.8) is 0 Å². The van der Waals surface area contributed by atoms with Gasteiger partial charge in [0.15, 0.2) is 0 Å². The molecule has 0 fully saturated rings. The third-order valence-electron chi connectivity index (χ3n) is 2.67. The molecule has 5 nitrogen and oxygen atoms in total. The van der Waals surface area contributed by atoms with Gasteiger partial charge in [-0.25, -0.2) is 4.68 Å². The average Bonchev–Trinajstić information content (AvgIpc) is 2.84. The molecule has 0 spiro atoms. The molecule has 0 unspecified atom stereocenters. The first kappa shape index (κ1) is 16.7. The van der Waals surface area contributed by atoms with E-state index in [2.05, 4.69) is 37.0 Å². The van der Waals surface area contributed by atoms with Gasteiger partial charge in [-0.15, -0.1) is 11.3 Å². The number of hydrogen-bond donors (Lipinski definition) is 0. The van der Waals surface area contributed by atoms with E-state index >= 15 is 0 Å². The SMILES string of the molecule is CN(Cc1ccc(Cl)s1)C(=O)Cn1ncc(Br)c(Br)c1=O. The van der Waals surface area contributed by atoms with Gasteiger partial charge in [-0.3, -0.25) is 9.59 Å². The summed E-state index contributed by atoms with van der Waals surface area (Å²) in [5.74, 6) is -0.205. The van der Waals surface area contributed by atoms with Crippen LogP contribution in [0.4, 0.5) is 0 Å². The van der Waals surface area contributed by atoms with Crippen molar-refractivity contribution < 1.29 is 4.79 Å². The fourth-order valence-corrected chi connectivity index (χ4v) is 3.27. The Morgan fingerprint density at radius 1 is 1.48 bits per heavy atom. The van der Waals surface area contributed by atoms with Crippen LogP contribution in [0, 0.1) is 0 Å². The van der Waals surface area contributed by atoms with E-state index in [4.69, 9.17) is 11.6 Å². The third-order valence-corrected chi connectivity index (χ3v) is 5.79. The van der Waals surface area contributed by atoms with Crippen molar-refractivity contribution in [1.82, 2.24) is 14.7 Å². The molecular weight excluding hydrogens is 445 g/mol. The summed E-state index contributed by atoms with van der Waals surface area (Å²) in [6.07, 6.45) is 1.47. The second-order valence-corrected chi connectivity index (χ2v) is 7.67. The minimum atomic E-state index is -0.356. The molecule has 0 atom stereocenters. The number of likely N-dealkylation sites (N-methyl/N-ethyl adjacent to an activating group) is 1. The number of amides is 1. The molecule has 2 heterocycles. The third kappa shape index (κ3) is 4.15. The molecule has 0 saturated heterocycles. The summed E-state index contributed by atoms with van der Waals surface area (Å²) >= 11 is 13.6. The molecule has 0 saturated carbocycles. The number of hydrogen-bond acceptors (Lipinski definition) is 4. The largest absolute Gasteiger partial charge is 0.339 e. The first-order valence-corrected chi connectivity index (χ1v) is 8.56. The zero-order valence-electron chi connectivity index (χ0n) is 10.8. The highest BCUT2D eigenvalue weighted by molar-refractivity contribution is 9.13. The number of aromatic nitrogens is 2. The topological polar surface area (TPSA) is 55.2 Å². The van der Waals surface area contributed by atoms with Crippen molar-refractivity contribution in [2.75, 3.05) is 7.05 Å². The summed E-state index contributed by atoms with van der Waals surface area (Å²) < 4.78 is 2.70. The first-order valence-electron chi connectivity index (χ1n) is 5.77. The molecule has 0 N–H and O–H groups in total.